The number of amides is 1. The zero-order valence-corrected chi connectivity index (χ0v) is 12.2. The van der Waals surface area contributed by atoms with Crippen LogP contribution in [-0.2, 0) is 20.9 Å². The van der Waals surface area contributed by atoms with E-state index >= 15 is 0 Å². The molecule has 0 radical (unpaired) electrons. The summed E-state index contributed by atoms with van der Waals surface area (Å²) in [6.45, 7) is 2.41. The third kappa shape index (κ3) is 1.52. The smallest absolute Gasteiger partial charge is 0.230 e. The van der Waals surface area contributed by atoms with Crippen molar-refractivity contribution in [3.05, 3.63) is 48.0 Å². The Morgan fingerprint density at radius 2 is 2.14 bits per heavy atom. The highest BCUT2D eigenvalue weighted by Crippen LogP contribution is 2.58. The van der Waals surface area contributed by atoms with Crippen LogP contribution in [0.15, 0.2) is 42.5 Å². The average Bonchev–Trinajstić information content (AvgIpc) is 3.10. The molecule has 1 aromatic carbocycles. The van der Waals surface area contributed by atoms with Gasteiger partial charge in [0.1, 0.15) is 5.60 Å². The number of hydrogen-bond donors (Lipinski definition) is 0. The number of aliphatic carboxylic acids is 1. The van der Waals surface area contributed by atoms with Gasteiger partial charge in [-0.15, -0.1) is 0 Å². The third-order valence-corrected chi connectivity index (χ3v) is 5.23. The SMILES string of the molecule is C[C@@]1(C(=O)[O-])[C@H]2C=C[C@@]3(CN(Cc4ccccc4)C(=O)[C@@H]13)O2. The largest absolute Gasteiger partial charge is 0.549 e. The van der Waals surface area contributed by atoms with E-state index in [-0.39, 0.29) is 5.91 Å². The van der Waals surface area contributed by atoms with Gasteiger partial charge in [0, 0.05) is 6.54 Å². The Morgan fingerprint density at radius 1 is 1.41 bits per heavy atom. The minimum Gasteiger partial charge on any atom is -0.549 e. The topological polar surface area (TPSA) is 69.7 Å². The maximum atomic E-state index is 12.8. The number of carbonyl (C=O) groups is 2. The molecule has 1 aromatic rings. The first kappa shape index (κ1) is 13.5. The summed E-state index contributed by atoms with van der Waals surface area (Å²) >= 11 is 0. The highest BCUT2D eigenvalue weighted by atomic mass is 16.5. The first-order valence-corrected chi connectivity index (χ1v) is 7.39. The summed E-state index contributed by atoms with van der Waals surface area (Å²) in [7, 11) is 0. The van der Waals surface area contributed by atoms with Gasteiger partial charge in [-0.1, -0.05) is 49.4 Å². The molecule has 1 spiro atoms. The number of hydrogen-bond acceptors (Lipinski definition) is 4. The molecule has 0 aromatic heterocycles. The van der Waals surface area contributed by atoms with Gasteiger partial charge in [-0.25, -0.2) is 0 Å². The molecule has 5 nitrogen and oxygen atoms in total. The van der Waals surface area contributed by atoms with Gasteiger partial charge >= 0.3 is 0 Å². The van der Waals surface area contributed by atoms with E-state index in [2.05, 4.69) is 0 Å². The van der Waals surface area contributed by atoms with E-state index in [1.54, 1.807) is 17.9 Å². The average molecular weight is 298 g/mol. The van der Waals surface area contributed by atoms with Crippen LogP contribution in [0.4, 0.5) is 0 Å². The molecule has 0 unspecified atom stereocenters. The van der Waals surface area contributed by atoms with Crippen LogP contribution >= 0.6 is 0 Å². The summed E-state index contributed by atoms with van der Waals surface area (Å²) in [5, 5.41) is 11.7. The van der Waals surface area contributed by atoms with E-state index in [0.29, 0.717) is 13.1 Å². The maximum absolute atomic E-state index is 12.8. The second-order valence-electron chi connectivity index (χ2n) is 6.54. The van der Waals surface area contributed by atoms with Gasteiger partial charge in [0.25, 0.3) is 0 Å². The number of benzene rings is 1. The van der Waals surface area contributed by atoms with Crippen molar-refractivity contribution in [2.75, 3.05) is 6.54 Å². The molecule has 1 amide bonds. The van der Waals surface area contributed by atoms with Crippen LogP contribution in [0.25, 0.3) is 0 Å². The van der Waals surface area contributed by atoms with Gasteiger partial charge in [-0.3, -0.25) is 4.79 Å². The van der Waals surface area contributed by atoms with Crippen molar-refractivity contribution in [1.82, 2.24) is 4.90 Å². The van der Waals surface area contributed by atoms with E-state index in [0.717, 1.165) is 5.56 Å². The van der Waals surface area contributed by atoms with Crippen molar-refractivity contribution >= 4 is 11.9 Å². The van der Waals surface area contributed by atoms with Crippen LogP contribution in [0, 0.1) is 11.3 Å². The predicted molar refractivity (Wildman–Crippen MR) is 75.2 cm³/mol. The van der Waals surface area contributed by atoms with Crippen LogP contribution in [0.5, 0.6) is 0 Å². The number of likely N-dealkylation sites (tertiary alicyclic amines) is 1. The zero-order chi connectivity index (χ0) is 15.5. The second-order valence-corrected chi connectivity index (χ2v) is 6.54. The van der Waals surface area contributed by atoms with E-state index in [1.165, 1.54) is 0 Å². The molecule has 2 fully saturated rings. The van der Waals surface area contributed by atoms with E-state index in [4.69, 9.17) is 4.74 Å². The molecular formula is C17H16NO4-. The normalized spacial score (nSPS) is 38.6. The molecular weight excluding hydrogens is 282 g/mol. The summed E-state index contributed by atoms with van der Waals surface area (Å²) in [6, 6.07) is 9.66. The fourth-order valence-corrected chi connectivity index (χ4v) is 4.10. The molecule has 2 bridgehead atoms. The quantitative estimate of drug-likeness (QED) is 0.743. The predicted octanol–water partition coefficient (Wildman–Crippen LogP) is 0.109. The number of carboxylic acids is 1. The van der Waals surface area contributed by atoms with Gasteiger partial charge < -0.3 is 19.5 Å². The monoisotopic (exact) mass is 298 g/mol. The standard InChI is InChI=1S/C17H17NO4/c1-16(15(20)21)12-7-8-17(22-12)10-18(14(19)13(16)17)9-11-5-3-2-4-6-11/h2-8,12-13H,9-10H2,1H3,(H,20,21)/p-1/t12-,13+,16-,17+/m1/s1. The fourth-order valence-electron chi connectivity index (χ4n) is 4.10. The summed E-state index contributed by atoms with van der Waals surface area (Å²) in [5.74, 6) is -2.09. The molecule has 114 valence electrons. The fraction of sp³-hybridized carbons (Fsp3) is 0.412. The number of fused-ring (bicyclic) bond motifs is 1. The van der Waals surface area contributed by atoms with Crippen LogP contribution in [0.1, 0.15) is 12.5 Å². The minimum absolute atomic E-state index is 0.164. The van der Waals surface area contributed by atoms with Crippen molar-refractivity contribution < 1.29 is 19.4 Å². The van der Waals surface area contributed by atoms with Gasteiger partial charge in [0.05, 0.1) is 30.0 Å². The lowest BCUT2D eigenvalue weighted by Crippen LogP contribution is -2.53. The highest BCUT2D eigenvalue weighted by molar-refractivity contribution is 5.92. The van der Waals surface area contributed by atoms with Crippen molar-refractivity contribution in [2.45, 2.75) is 25.2 Å². The summed E-state index contributed by atoms with van der Waals surface area (Å²) in [6.07, 6.45) is 3.03. The number of carboxylic acid groups (broad SMARTS) is 1. The number of nitrogens with zero attached hydrogens (tertiary/aromatic N) is 1. The summed E-state index contributed by atoms with van der Waals surface area (Å²) in [5.41, 5.74) is -1.09. The first-order chi connectivity index (χ1) is 10.5. The Hall–Kier alpha value is -2.14. The number of carbonyl (C=O) groups excluding carboxylic acids is 2. The maximum Gasteiger partial charge on any atom is 0.230 e. The van der Waals surface area contributed by atoms with Crippen LogP contribution in [-0.4, -0.2) is 35.0 Å². The highest BCUT2D eigenvalue weighted by Gasteiger charge is 2.70. The molecule has 2 saturated heterocycles. The van der Waals surface area contributed by atoms with Crippen molar-refractivity contribution in [1.29, 1.82) is 0 Å². The molecule has 3 heterocycles. The molecule has 22 heavy (non-hydrogen) atoms. The lowest BCUT2D eigenvalue weighted by molar-refractivity contribution is -0.321. The van der Waals surface area contributed by atoms with Crippen LogP contribution in [0.3, 0.4) is 0 Å². The summed E-state index contributed by atoms with van der Waals surface area (Å²) < 4.78 is 5.90. The lowest BCUT2D eigenvalue weighted by Gasteiger charge is -2.35. The van der Waals surface area contributed by atoms with E-state index in [9.17, 15) is 14.7 Å². The minimum atomic E-state index is -1.29. The summed E-state index contributed by atoms with van der Waals surface area (Å²) in [4.78, 5) is 26.2. The molecule has 5 heteroatoms. The Morgan fingerprint density at radius 3 is 2.82 bits per heavy atom. The molecule has 0 N–H and O–H groups in total. The zero-order valence-electron chi connectivity index (χ0n) is 12.2. The van der Waals surface area contributed by atoms with Gasteiger partial charge in [0.2, 0.25) is 5.91 Å². The Kier molecular flexibility index (Phi) is 2.58. The van der Waals surface area contributed by atoms with E-state index < -0.39 is 29.0 Å². The number of rotatable bonds is 3. The van der Waals surface area contributed by atoms with Crippen LogP contribution in [0.2, 0.25) is 0 Å². The molecule has 3 aliphatic rings. The van der Waals surface area contributed by atoms with Crippen molar-refractivity contribution in [3.8, 4) is 0 Å². The van der Waals surface area contributed by atoms with Crippen molar-refractivity contribution in [3.63, 3.8) is 0 Å². The second kappa shape index (κ2) is 4.20. The van der Waals surface area contributed by atoms with Gasteiger partial charge in [-0.2, -0.15) is 0 Å². The van der Waals surface area contributed by atoms with Gasteiger partial charge in [-0.05, 0) is 5.56 Å². The molecule has 4 atom stereocenters. The lowest BCUT2D eigenvalue weighted by atomic mass is 9.66. The molecule has 4 rings (SSSR count). The third-order valence-electron chi connectivity index (χ3n) is 5.23. The molecule has 3 aliphatic heterocycles. The first-order valence-electron chi connectivity index (χ1n) is 7.39. The Bertz CT molecular complexity index is 685. The van der Waals surface area contributed by atoms with Gasteiger partial charge in [0.15, 0.2) is 0 Å². The van der Waals surface area contributed by atoms with Crippen molar-refractivity contribution in [2.24, 2.45) is 11.3 Å². The Balaban J connectivity index is 1.68. The Labute approximate surface area is 128 Å². The van der Waals surface area contributed by atoms with E-state index in [1.807, 2.05) is 36.4 Å². The van der Waals surface area contributed by atoms with Crippen LogP contribution < -0.4 is 5.11 Å². The molecule has 0 aliphatic carbocycles. The molecule has 0 saturated carbocycles. The number of ether oxygens (including phenoxy) is 1.